The molecule has 146 valence electrons. The molecule has 3 aromatic rings. The van der Waals surface area contributed by atoms with Gasteiger partial charge in [-0.15, -0.1) is 0 Å². The number of carbonyl (C=O) groups excluding carboxylic acids is 3. The lowest BCUT2D eigenvalue weighted by atomic mass is 10.0. The molecule has 0 saturated heterocycles. The second-order valence-electron chi connectivity index (χ2n) is 6.45. The number of carbonyl (C=O) groups is 3. The third-order valence-electron chi connectivity index (χ3n) is 4.33. The van der Waals surface area contributed by atoms with Gasteiger partial charge >= 0.3 is 5.97 Å². The molecule has 0 saturated carbocycles. The number of Topliss-reactive ketones (excluding diaryl/α,β-unsaturated/α-hetero) is 2. The Labute approximate surface area is 169 Å². The molecule has 5 nitrogen and oxygen atoms in total. The van der Waals surface area contributed by atoms with Crippen LogP contribution in [0.2, 0.25) is 0 Å². The molecule has 3 rings (SSSR count). The standard InChI is InChI=1S/C24H21NO4/c26-22(18-10-4-1-5-11-18)16-21(25-20-14-8-3-9-15-20)24(28)29-17-23(27)19-12-6-2-7-13-19/h1-15,21,25H,16-17H2/t21-/m1/s1. The fourth-order valence-electron chi connectivity index (χ4n) is 2.80. The summed E-state index contributed by atoms with van der Waals surface area (Å²) in [6, 6.07) is 25.5. The summed E-state index contributed by atoms with van der Waals surface area (Å²) >= 11 is 0. The lowest BCUT2D eigenvalue weighted by Crippen LogP contribution is -2.34. The Morgan fingerprint density at radius 3 is 1.72 bits per heavy atom. The Hall–Kier alpha value is -3.73. The Morgan fingerprint density at radius 2 is 1.17 bits per heavy atom. The van der Waals surface area contributed by atoms with Crippen LogP contribution in [0.1, 0.15) is 27.1 Å². The number of para-hydroxylation sites is 1. The van der Waals surface area contributed by atoms with Crippen molar-refractivity contribution >= 4 is 23.2 Å². The van der Waals surface area contributed by atoms with Gasteiger partial charge in [0.15, 0.2) is 18.2 Å². The van der Waals surface area contributed by atoms with Crippen molar-refractivity contribution in [1.82, 2.24) is 0 Å². The van der Waals surface area contributed by atoms with Crippen molar-refractivity contribution in [2.75, 3.05) is 11.9 Å². The van der Waals surface area contributed by atoms with Gasteiger partial charge in [0.05, 0.1) is 0 Å². The van der Waals surface area contributed by atoms with E-state index in [2.05, 4.69) is 5.32 Å². The zero-order valence-electron chi connectivity index (χ0n) is 15.8. The Bertz CT molecular complexity index is 956. The number of ether oxygens (including phenoxy) is 1. The summed E-state index contributed by atoms with van der Waals surface area (Å²) in [5.74, 6) is -1.14. The summed E-state index contributed by atoms with van der Waals surface area (Å²) in [5.41, 5.74) is 1.67. The third-order valence-corrected chi connectivity index (χ3v) is 4.33. The van der Waals surface area contributed by atoms with E-state index >= 15 is 0 Å². The maximum atomic E-state index is 12.7. The number of esters is 1. The van der Waals surface area contributed by atoms with Crippen LogP contribution in [0.4, 0.5) is 5.69 Å². The molecule has 0 aliphatic rings. The maximum absolute atomic E-state index is 12.7. The summed E-state index contributed by atoms with van der Waals surface area (Å²) in [4.78, 5) is 37.5. The normalized spacial score (nSPS) is 11.3. The zero-order chi connectivity index (χ0) is 20.5. The van der Waals surface area contributed by atoms with Crippen LogP contribution in [0.25, 0.3) is 0 Å². The highest BCUT2D eigenvalue weighted by atomic mass is 16.5. The van der Waals surface area contributed by atoms with Gasteiger partial charge in [-0.05, 0) is 12.1 Å². The highest BCUT2D eigenvalue weighted by Crippen LogP contribution is 2.14. The van der Waals surface area contributed by atoms with Crippen LogP contribution in [-0.2, 0) is 9.53 Å². The molecule has 0 bridgehead atoms. The van der Waals surface area contributed by atoms with Crippen molar-refractivity contribution < 1.29 is 19.1 Å². The topological polar surface area (TPSA) is 72.5 Å². The van der Waals surface area contributed by atoms with Gasteiger partial charge in [-0.2, -0.15) is 0 Å². The maximum Gasteiger partial charge on any atom is 0.329 e. The fourth-order valence-corrected chi connectivity index (χ4v) is 2.80. The summed E-state index contributed by atoms with van der Waals surface area (Å²) in [6.45, 7) is -0.380. The van der Waals surface area contributed by atoms with Crippen LogP contribution in [-0.4, -0.2) is 30.2 Å². The largest absolute Gasteiger partial charge is 0.456 e. The first kappa shape index (κ1) is 20.0. The van der Waals surface area contributed by atoms with Crippen molar-refractivity contribution in [3.05, 3.63) is 102 Å². The van der Waals surface area contributed by atoms with Crippen molar-refractivity contribution in [2.45, 2.75) is 12.5 Å². The van der Waals surface area contributed by atoms with E-state index < -0.39 is 12.0 Å². The van der Waals surface area contributed by atoms with E-state index in [9.17, 15) is 14.4 Å². The second kappa shape index (κ2) is 9.99. The summed E-state index contributed by atoms with van der Waals surface area (Å²) in [7, 11) is 0. The minimum absolute atomic E-state index is 0.0860. The predicted octanol–water partition coefficient (Wildman–Crippen LogP) is 4.17. The molecule has 5 heteroatoms. The predicted molar refractivity (Wildman–Crippen MR) is 111 cm³/mol. The van der Waals surface area contributed by atoms with E-state index in [1.165, 1.54) is 0 Å². The van der Waals surface area contributed by atoms with Gasteiger partial charge in [0.25, 0.3) is 0 Å². The average molecular weight is 387 g/mol. The Kier molecular flexibility index (Phi) is 6.90. The molecule has 3 aromatic carbocycles. The number of ketones is 2. The molecule has 1 atom stereocenters. The average Bonchev–Trinajstić information content (AvgIpc) is 2.78. The molecule has 1 N–H and O–H groups in total. The van der Waals surface area contributed by atoms with Crippen LogP contribution in [0.3, 0.4) is 0 Å². The fraction of sp³-hybridized carbons (Fsp3) is 0.125. The van der Waals surface area contributed by atoms with Crippen molar-refractivity contribution in [3.8, 4) is 0 Å². The molecule has 0 radical (unpaired) electrons. The molecule has 0 unspecified atom stereocenters. The molecule has 29 heavy (non-hydrogen) atoms. The monoisotopic (exact) mass is 387 g/mol. The first-order valence-corrected chi connectivity index (χ1v) is 9.28. The van der Waals surface area contributed by atoms with Crippen molar-refractivity contribution in [2.24, 2.45) is 0 Å². The van der Waals surface area contributed by atoms with Gasteiger partial charge in [0.2, 0.25) is 0 Å². The van der Waals surface area contributed by atoms with E-state index in [1.807, 2.05) is 24.3 Å². The molecule has 0 aliphatic heterocycles. The van der Waals surface area contributed by atoms with E-state index in [0.29, 0.717) is 16.8 Å². The van der Waals surface area contributed by atoms with Gasteiger partial charge < -0.3 is 10.1 Å². The lowest BCUT2D eigenvalue weighted by molar-refractivity contribution is -0.143. The van der Waals surface area contributed by atoms with Crippen molar-refractivity contribution in [3.63, 3.8) is 0 Å². The zero-order valence-corrected chi connectivity index (χ0v) is 15.8. The SMILES string of the molecule is O=C(COC(=O)[C@@H](CC(=O)c1ccccc1)Nc1ccccc1)c1ccccc1. The smallest absolute Gasteiger partial charge is 0.329 e. The quantitative estimate of drug-likeness (QED) is 0.441. The Morgan fingerprint density at radius 1 is 0.690 bits per heavy atom. The minimum atomic E-state index is -0.909. The van der Waals surface area contributed by atoms with Gasteiger partial charge in [-0.1, -0.05) is 78.9 Å². The highest BCUT2D eigenvalue weighted by molar-refractivity contribution is 6.01. The number of nitrogens with one attached hydrogen (secondary N) is 1. The van der Waals surface area contributed by atoms with Crippen molar-refractivity contribution in [1.29, 1.82) is 0 Å². The van der Waals surface area contributed by atoms with Crippen LogP contribution >= 0.6 is 0 Å². The molecule has 0 heterocycles. The van der Waals surface area contributed by atoms with Gasteiger partial charge in [0, 0.05) is 23.2 Å². The molecular formula is C24H21NO4. The van der Waals surface area contributed by atoms with Gasteiger partial charge in [-0.25, -0.2) is 4.79 Å². The number of hydrogen-bond acceptors (Lipinski definition) is 5. The molecule has 0 aromatic heterocycles. The first-order chi connectivity index (χ1) is 14.1. The number of anilines is 1. The third kappa shape index (κ3) is 5.87. The molecule has 0 fully saturated rings. The van der Waals surface area contributed by atoms with Crippen LogP contribution in [0, 0.1) is 0 Å². The van der Waals surface area contributed by atoms with E-state index in [0.717, 1.165) is 0 Å². The Balaban J connectivity index is 1.68. The second-order valence-corrected chi connectivity index (χ2v) is 6.45. The molecule has 0 amide bonds. The van der Waals surface area contributed by atoms with Crippen LogP contribution < -0.4 is 5.32 Å². The van der Waals surface area contributed by atoms with Gasteiger partial charge in [0.1, 0.15) is 6.04 Å². The number of rotatable bonds is 9. The molecule has 0 spiro atoms. The van der Waals surface area contributed by atoms with E-state index in [4.69, 9.17) is 4.74 Å². The highest BCUT2D eigenvalue weighted by Gasteiger charge is 2.25. The van der Waals surface area contributed by atoms with Crippen LogP contribution in [0.5, 0.6) is 0 Å². The molecular weight excluding hydrogens is 366 g/mol. The van der Waals surface area contributed by atoms with E-state index in [1.54, 1.807) is 66.7 Å². The van der Waals surface area contributed by atoms with Gasteiger partial charge in [-0.3, -0.25) is 9.59 Å². The van der Waals surface area contributed by atoms with E-state index in [-0.39, 0.29) is 24.6 Å². The minimum Gasteiger partial charge on any atom is -0.456 e. The summed E-state index contributed by atoms with van der Waals surface area (Å²) in [6.07, 6.45) is -0.0860. The first-order valence-electron chi connectivity index (χ1n) is 9.28. The molecule has 0 aliphatic carbocycles. The number of benzene rings is 3. The lowest BCUT2D eigenvalue weighted by Gasteiger charge is -2.18. The summed E-state index contributed by atoms with van der Waals surface area (Å²) in [5, 5.41) is 3.04. The van der Waals surface area contributed by atoms with Crippen LogP contribution in [0.15, 0.2) is 91.0 Å². The summed E-state index contributed by atoms with van der Waals surface area (Å²) < 4.78 is 5.23. The number of hydrogen-bond donors (Lipinski definition) is 1.